The second kappa shape index (κ2) is 5.88. The lowest BCUT2D eigenvalue weighted by Gasteiger charge is -2.26. The number of hydrogen-bond acceptors (Lipinski definition) is 3. The molecule has 1 aliphatic rings. The Balaban J connectivity index is 1.65. The molecule has 21 heavy (non-hydrogen) atoms. The minimum absolute atomic E-state index is 0.250. The lowest BCUT2D eigenvalue weighted by atomic mass is 9.99. The van der Waals surface area contributed by atoms with Gasteiger partial charge in [-0.2, -0.15) is 0 Å². The van der Waals surface area contributed by atoms with Crippen molar-refractivity contribution >= 4 is 0 Å². The zero-order valence-electron chi connectivity index (χ0n) is 12.0. The third-order valence-electron chi connectivity index (χ3n) is 4.14. The predicted molar refractivity (Wildman–Crippen MR) is 84.1 cm³/mol. The molecule has 0 spiro atoms. The average molecular weight is 283 g/mol. The summed E-state index contributed by atoms with van der Waals surface area (Å²) in [4.78, 5) is 0. The summed E-state index contributed by atoms with van der Waals surface area (Å²) in [6.07, 6.45) is 2.09. The number of hydrogen-bond donors (Lipinski definition) is 2. The van der Waals surface area contributed by atoms with Gasteiger partial charge in [-0.05, 0) is 42.0 Å². The van der Waals surface area contributed by atoms with Crippen LogP contribution in [0, 0.1) is 5.92 Å². The molecule has 0 radical (unpaired) electrons. The monoisotopic (exact) mass is 283 g/mol. The van der Waals surface area contributed by atoms with Gasteiger partial charge in [0, 0.05) is 6.54 Å². The van der Waals surface area contributed by atoms with Gasteiger partial charge in [-0.1, -0.05) is 42.5 Å². The van der Waals surface area contributed by atoms with Gasteiger partial charge in [0.25, 0.3) is 0 Å². The van der Waals surface area contributed by atoms with Gasteiger partial charge < -0.3 is 15.6 Å². The Bertz CT molecular complexity index is 578. The van der Waals surface area contributed by atoms with E-state index in [0.717, 1.165) is 24.2 Å². The summed E-state index contributed by atoms with van der Waals surface area (Å²) in [7, 11) is 0. The number of benzene rings is 2. The van der Waals surface area contributed by atoms with E-state index in [1.165, 1.54) is 5.56 Å². The molecule has 1 fully saturated rings. The average Bonchev–Trinajstić information content (AvgIpc) is 3.39. The number of nitrogens with two attached hydrogens (primary N) is 1. The van der Waals surface area contributed by atoms with Crippen LogP contribution in [0.25, 0.3) is 11.1 Å². The zero-order chi connectivity index (χ0) is 14.7. The van der Waals surface area contributed by atoms with Crippen molar-refractivity contribution in [2.75, 3.05) is 13.2 Å². The van der Waals surface area contributed by atoms with E-state index in [4.69, 9.17) is 10.5 Å². The van der Waals surface area contributed by atoms with Crippen molar-refractivity contribution < 1.29 is 9.84 Å². The molecule has 1 aliphatic carbocycles. The first-order valence-corrected chi connectivity index (χ1v) is 7.42. The lowest BCUT2D eigenvalue weighted by Crippen LogP contribution is -2.45. The van der Waals surface area contributed by atoms with Gasteiger partial charge in [-0.3, -0.25) is 0 Å². The molecule has 2 aromatic carbocycles. The van der Waals surface area contributed by atoms with Crippen LogP contribution in [0.4, 0.5) is 0 Å². The Morgan fingerprint density at radius 2 is 1.62 bits per heavy atom. The molecule has 2 aromatic rings. The fraction of sp³-hybridized carbons (Fsp3) is 0.333. The van der Waals surface area contributed by atoms with Crippen LogP contribution in [0.5, 0.6) is 5.75 Å². The van der Waals surface area contributed by atoms with Crippen LogP contribution in [-0.4, -0.2) is 23.9 Å². The van der Waals surface area contributed by atoms with E-state index in [1.54, 1.807) is 0 Å². The summed E-state index contributed by atoms with van der Waals surface area (Å²) >= 11 is 0. The normalized spacial score (nSPS) is 17.2. The largest absolute Gasteiger partial charge is 0.491 e. The summed E-state index contributed by atoms with van der Waals surface area (Å²) in [6, 6.07) is 18.1. The van der Waals surface area contributed by atoms with Crippen LogP contribution in [0.15, 0.2) is 54.6 Å². The first-order valence-electron chi connectivity index (χ1n) is 7.42. The Labute approximate surface area is 125 Å². The van der Waals surface area contributed by atoms with E-state index in [1.807, 2.05) is 42.5 Å². The van der Waals surface area contributed by atoms with Gasteiger partial charge in [0.1, 0.15) is 18.0 Å². The minimum atomic E-state index is -0.877. The minimum Gasteiger partial charge on any atom is -0.491 e. The molecule has 3 nitrogen and oxygen atoms in total. The molecule has 0 saturated heterocycles. The maximum atomic E-state index is 10.4. The second-order valence-corrected chi connectivity index (χ2v) is 5.76. The second-order valence-electron chi connectivity index (χ2n) is 5.76. The maximum Gasteiger partial charge on any atom is 0.119 e. The van der Waals surface area contributed by atoms with Crippen LogP contribution in [0.1, 0.15) is 12.8 Å². The van der Waals surface area contributed by atoms with Crippen molar-refractivity contribution in [2.45, 2.75) is 18.4 Å². The van der Waals surface area contributed by atoms with Crippen LogP contribution >= 0.6 is 0 Å². The van der Waals surface area contributed by atoms with Gasteiger partial charge in [-0.15, -0.1) is 0 Å². The maximum absolute atomic E-state index is 10.4. The SMILES string of the molecule is NCC(O)(COc1ccc(-c2ccccc2)cc1)C1CC1. The highest BCUT2D eigenvalue weighted by atomic mass is 16.5. The molecule has 3 rings (SSSR count). The van der Waals surface area contributed by atoms with Crippen molar-refractivity contribution in [1.29, 1.82) is 0 Å². The molecule has 1 unspecified atom stereocenters. The van der Waals surface area contributed by atoms with E-state index < -0.39 is 5.60 Å². The Hall–Kier alpha value is -1.84. The summed E-state index contributed by atoms with van der Waals surface area (Å²) in [5.41, 5.74) is 7.14. The molecule has 0 aromatic heterocycles. The van der Waals surface area contributed by atoms with E-state index in [2.05, 4.69) is 12.1 Å². The summed E-state index contributed by atoms with van der Waals surface area (Å²) in [6.45, 7) is 0.513. The highest BCUT2D eigenvalue weighted by Gasteiger charge is 2.43. The first-order chi connectivity index (χ1) is 10.2. The molecule has 0 aliphatic heterocycles. The molecule has 1 atom stereocenters. The molecule has 3 heteroatoms. The van der Waals surface area contributed by atoms with E-state index in [0.29, 0.717) is 5.92 Å². The number of rotatable bonds is 6. The van der Waals surface area contributed by atoms with Crippen LogP contribution < -0.4 is 10.5 Å². The van der Waals surface area contributed by atoms with E-state index in [9.17, 15) is 5.11 Å². The van der Waals surface area contributed by atoms with Crippen molar-refractivity contribution in [2.24, 2.45) is 11.7 Å². The Morgan fingerprint density at radius 3 is 2.19 bits per heavy atom. The highest BCUT2D eigenvalue weighted by Crippen LogP contribution is 2.39. The highest BCUT2D eigenvalue weighted by molar-refractivity contribution is 5.63. The predicted octanol–water partition coefficient (Wildman–Crippen LogP) is 2.83. The first kappa shape index (κ1) is 14.1. The molecular formula is C18H21NO2. The Morgan fingerprint density at radius 1 is 1.00 bits per heavy atom. The van der Waals surface area contributed by atoms with Crippen molar-refractivity contribution in [3.8, 4) is 16.9 Å². The molecule has 110 valence electrons. The topological polar surface area (TPSA) is 55.5 Å². The smallest absolute Gasteiger partial charge is 0.119 e. The van der Waals surface area contributed by atoms with Gasteiger partial charge >= 0.3 is 0 Å². The Kier molecular flexibility index (Phi) is 3.95. The van der Waals surface area contributed by atoms with E-state index in [-0.39, 0.29) is 13.2 Å². The molecule has 3 N–H and O–H groups in total. The standard InChI is InChI=1S/C18H21NO2/c19-12-18(20,16-8-9-16)13-21-17-10-6-15(7-11-17)14-4-2-1-3-5-14/h1-7,10-11,16,20H,8-9,12-13,19H2. The van der Waals surface area contributed by atoms with Crippen LogP contribution in [0.2, 0.25) is 0 Å². The summed E-state index contributed by atoms with van der Waals surface area (Å²) in [5.74, 6) is 1.06. The van der Waals surface area contributed by atoms with Gasteiger partial charge in [0.15, 0.2) is 0 Å². The fourth-order valence-corrected chi connectivity index (χ4v) is 2.55. The zero-order valence-corrected chi connectivity index (χ0v) is 12.0. The van der Waals surface area contributed by atoms with Crippen LogP contribution in [-0.2, 0) is 0 Å². The lowest BCUT2D eigenvalue weighted by molar-refractivity contribution is -0.0162. The molecule has 1 saturated carbocycles. The summed E-state index contributed by atoms with van der Waals surface area (Å²) < 4.78 is 5.72. The quantitative estimate of drug-likeness (QED) is 0.857. The van der Waals surface area contributed by atoms with E-state index >= 15 is 0 Å². The van der Waals surface area contributed by atoms with Crippen LogP contribution in [0.3, 0.4) is 0 Å². The third-order valence-corrected chi connectivity index (χ3v) is 4.14. The van der Waals surface area contributed by atoms with Crippen molar-refractivity contribution in [3.63, 3.8) is 0 Å². The third kappa shape index (κ3) is 3.26. The molecule has 0 heterocycles. The fourth-order valence-electron chi connectivity index (χ4n) is 2.55. The van der Waals surface area contributed by atoms with Gasteiger partial charge in [-0.25, -0.2) is 0 Å². The molecule has 0 amide bonds. The molecule has 0 bridgehead atoms. The van der Waals surface area contributed by atoms with Gasteiger partial charge in [0.2, 0.25) is 0 Å². The van der Waals surface area contributed by atoms with Crippen molar-refractivity contribution in [1.82, 2.24) is 0 Å². The van der Waals surface area contributed by atoms with Gasteiger partial charge in [0.05, 0.1) is 0 Å². The molecular weight excluding hydrogens is 262 g/mol. The number of ether oxygens (including phenoxy) is 1. The summed E-state index contributed by atoms with van der Waals surface area (Å²) in [5, 5.41) is 10.4. The number of aliphatic hydroxyl groups is 1. The van der Waals surface area contributed by atoms with Crippen molar-refractivity contribution in [3.05, 3.63) is 54.6 Å².